The summed E-state index contributed by atoms with van der Waals surface area (Å²) in [5.74, 6) is 0. The van der Waals surface area contributed by atoms with Crippen LogP contribution in [0.25, 0.3) is 0 Å². The quantitative estimate of drug-likeness (QED) is 0.622. The van der Waals surface area contributed by atoms with Crippen LogP contribution in [0.15, 0.2) is 0 Å². The van der Waals surface area contributed by atoms with E-state index in [0.717, 1.165) is 17.2 Å². The Morgan fingerprint density at radius 3 is 2.20 bits per heavy atom. The second kappa shape index (κ2) is 4.38. The van der Waals surface area contributed by atoms with E-state index in [1.807, 2.05) is 6.92 Å². The Bertz CT molecular complexity index is 91.4. The molecule has 0 radical (unpaired) electrons. The summed E-state index contributed by atoms with van der Waals surface area (Å²) >= 11 is 0. The zero-order valence-electron chi connectivity index (χ0n) is 5.73. The molecule has 0 aromatic carbocycles. The first-order chi connectivity index (χ1) is 4.45. The van der Waals surface area contributed by atoms with Crippen molar-refractivity contribution in [2.45, 2.75) is 31.0 Å². The van der Waals surface area contributed by atoms with Crippen LogP contribution in [0, 0.1) is 0 Å². The molecule has 0 amide bonds. The zero-order chi connectivity index (χ0) is 8.20. The smallest absolute Gasteiger partial charge is 0.160 e. The van der Waals surface area contributed by atoms with Gasteiger partial charge in [0.2, 0.25) is 0 Å². The second-order valence-corrected chi connectivity index (χ2v) is 4.55. The normalized spacial score (nSPS) is 15.3. The molecule has 0 rings (SSSR count). The van der Waals surface area contributed by atoms with Crippen molar-refractivity contribution in [3.8, 4) is 0 Å². The first-order valence-electron chi connectivity index (χ1n) is 2.87. The maximum Gasteiger partial charge on any atom is 0.452 e. The Kier molecular flexibility index (Phi) is 4.60. The Hall–Kier alpha value is 0.490. The summed E-state index contributed by atoms with van der Waals surface area (Å²) in [6.07, 6.45) is 0.772. The summed E-state index contributed by atoms with van der Waals surface area (Å²) < 4.78 is 34.5. The molecule has 0 saturated carbocycles. The molecule has 1 atom stereocenters. The summed E-state index contributed by atoms with van der Waals surface area (Å²) in [5, 5.41) is 0.0756. The first kappa shape index (κ1) is 10.5. The highest BCUT2D eigenvalue weighted by atomic mass is 33.1. The molecule has 0 fully saturated rings. The van der Waals surface area contributed by atoms with Gasteiger partial charge in [-0.1, -0.05) is 24.6 Å². The molecule has 10 heavy (non-hydrogen) atoms. The van der Waals surface area contributed by atoms with Gasteiger partial charge in [0.1, 0.15) is 0 Å². The highest BCUT2D eigenvalue weighted by Crippen LogP contribution is 2.42. The lowest BCUT2D eigenvalue weighted by molar-refractivity contribution is -0.0311. The lowest BCUT2D eigenvalue weighted by Gasteiger charge is -2.08. The molecule has 0 aromatic heterocycles. The molecule has 0 aliphatic rings. The topological polar surface area (TPSA) is 0 Å². The third-order valence-electron chi connectivity index (χ3n) is 0.882. The van der Waals surface area contributed by atoms with Crippen LogP contribution >= 0.6 is 21.6 Å². The van der Waals surface area contributed by atoms with E-state index < -0.39 is 5.51 Å². The van der Waals surface area contributed by atoms with Crippen molar-refractivity contribution in [1.29, 1.82) is 0 Å². The van der Waals surface area contributed by atoms with Gasteiger partial charge in [0, 0.05) is 16.0 Å². The maximum absolute atomic E-state index is 11.5. The number of alkyl halides is 3. The van der Waals surface area contributed by atoms with Gasteiger partial charge >= 0.3 is 5.51 Å². The number of halogens is 3. The third-order valence-corrected chi connectivity index (χ3v) is 3.67. The molecule has 0 aliphatic carbocycles. The van der Waals surface area contributed by atoms with Gasteiger partial charge in [-0.25, -0.2) is 0 Å². The number of hydrogen-bond donors (Lipinski definition) is 0. The predicted molar refractivity (Wildman–Crippen MR) is 41.0 cm³/mol. The van der Waals surface area contributed by atoms with Gasteiger partial charge in [-0.2, -0.15) is 13.2 Å². The van der Waals surface area contributed by atoms with E-state index >= 15 is 0 Å². The van der Waals surface area contributed by atoms with E-state index in [1.54, 1.807) is 6.92 Å². The molecule has 5 heteroatoms. The third kappa shape index (κ3) is 6.61. The van der Waals surface area contributed by atoms with E-state index in [0.29, 0.717) is 0 Å². The molecule has 0 bridgehead atoms. The number of rotatable bonds is 3. The van der Waals surface area contributed by atoms with Gasteiger partial charge in [-0.15, -0.1) is 0 Å². The van der Waals surface area contributed by atoms with Crippen LogP contribution in [-0.2, 0) is 0 Å². The Morgan fingerprint density at radius 2 is 1.90 bits per heavy atom. The van der Waals surface area contributed by atoms with Gasteiger partial charge in [0.05, 0.1) is 0 Å². The van der Waals surface area contributed by atoms with Crippen LogP contribution < -0.4 is 0 Å². The Balaban J connectivity index is 3.36. The van der Waals surface area contributed by atoms with E-state index in [-0.39, 0.29) is 16.0 Å². The molecular formula is C5H9F3S2. The van der Waals surface area contributed by atoms with E-state index in [2.05, 4.69) is 0 Å². The number of hydrogen-bond acceptors (Lipinski definition) is 2. The molecule has 0 aliphatic heterocycles. The Labute approximate surface area is 66.3 Å². The van der Waals surface area contributed by atoms with Crippen molar-refractivity contribution in [1.82, 2.24) is 0 Å². The fraction of sp³-hybridized carbons (Fsp3) is 1.00. The minimum atomic E-state index is -4.09. The highest BCUT2D eigenvalue weighted by molar-refractivity contribution is 8.77. The highest BCUT2D eigenvalue weighted by Gasteiger charge is 2.29. The van der Waals surface area contributed by atoms with Crippen LogP contribution in [-0.4, -0.2) is 10.8 Å². The van der Waals surface area contributed by atoms with Gasteiger partial charge in [-0.3, -0.25) is 0 Å². The van der Waals surface area contributed by atoms with Crippen molar-refractivity contribution < 1.29 is 13.2 Å². The lowest BCUT2D eigenvalue weighted by Crippen LogP contribution is -1.99. The summed E-state index contributed by atoms with van der Waals surface area (Å²) in [6, 6.07) is 0. The molecule has 0 N–H and O–H groups in total. The summed E-state index contributed by atoms with van der Waals surface area (Å²) in [4.78, 5) is 0. The van der Waals surface area contributed by atoms with Gasteiger partial charge in [-0.05, 0) is 6.42 Å². The summed E-state index contributed by atoms with van der Waals surface area (Å²) in [6.45, 7) is 3.65. The molecule has 0 heterocycles. The van der Waals surface area contributed by atoms with Crippen LogP contribution in [0.1, 0.15) is 20.3 Å². The van der Waals surface area contributed by atoms with Gasteiger partial charge in [0.15, 0.2) is 0 Å². The fourth-order valence-corrected chi connectivity index (χ4v) is 1.84. The van der Waals surface area contributed by atoms with Crippen molar-refractivity contribution in [2.24, 2.45) is 0 Å². The minimum absolute atomic E-state index is 0.0171. The minimum Gasteiger partial charge on any atom is -0.160 e. The van der Waals surface area contributed by atoms with Gasteiger partial charge in [0.25, 0.3) is 0 Å². The average Bonchev–Trinajstić information content (AvgIpc) is 1.81. The standard InChI is InChI=1S/C5H9F3S2/c1-3-4(2)9-10-5(6,7)8/h4H,3H2,1-2H3. The molecule has 0 nitrogen and oxygen atoms in total. The first-order valence-corrected chi connectivity index (χ1v) is 5.08. The molecule has 62 valence electrons. The van der Waals surface area contributed by atoms with E-state index in [4.69, 9.17) is 0 Å². The summed E-state index contributed by atoms with van der Waals surface area (Å²) in [5.41, 5.74) is -4.09. The summed E-state index contributed by atoms with van der Waals surface area (Å²) in [7, 11) is 0.858. The molecule has 0 saturated heterocycles. The molecule has 1 unspecified atom stereocenters. The van der Waals surface area contributed by atoms with Crippen LogP contribution in [0.2, 0.25) is 0 Å². The van der Waals surface area contributed by atoms with E-state index in [1.165, 1.54) is 0 Å². The molecule has 0 spiro atoms. The van der Waals surface area contributed by atoms with Crippen LogP contribution in [0.5, 0.6) is 0 Å². The van der Waals surface area contributed by atoms with E-state index in [9.17, 15) is 13.2 Å². The largest absolute Gasteiger partial charge is 0.452 e. The van der Waals surface area contributed by atoms with Crippen LogP contribution in [0.3, 0.4) is 0 Å². The van der Waals surface area contributed by atoms with Crippen molar-refractivity contribution in [3.05, 3.63) is 0 Å². The second-order valence-electron chi connectivity index (χ2n) is 1.84. The molecular weight excluding hydrogens is 181 g/mol. The SMILES string of the molecule is CCC(C)SSC(F)(F)F. The average molecular weight is 190 g/mol. The zero-order valence-corrected chi connectivity index (χ0v) is 7.37. The lowest BCUT2D eigenvalue weighted by atomic mass is 10.4. The van der Waals surface area contributed by atoms with Crippen molar-refractivity contribution >= 4 is 21.6 Å². The fourth-order valence-electron chi connectivity index (χ4n) is 0.205. The molecule has 0 aromatic rings. The Morgan fingerprint density at radius 1 is 1.40 bits per heavy atom. The predicted octanol–water partition coefficient (Wildman–Crippen LogP) is 3.69. The monoisotopic (exact) mass is 190 g/mol. The van der Waals surface area contributed by atoms with Crippen molar-refractivity contribution in [2.75, 3.05) is 0 Å². The van der Waals surface area contributed by atoms with Gasteiger partial charge < -0.3 is 0 Å². The van der Waals surface area contributed by atoms with Crippen molar-refractivity contribution in [3.63, 3.8) is 0 Å². The maximum atomic E-state index is 11.5. The van der Waals surface area contributed by atoms with Crippen LogP contribution in [0.4, 0.5) is 13.2 Å².